The van der Waals surface area contributed by atoms with Crippen LogP contribution in [-0.2, 0) is 4.79 Å². The lowest BCUT2D eigenvalue weighted by Gasteiger charge is -2.19. The summed E-state index contributed by atoms with van der Waals surface area (Å²) in [6, 6.07) is 7.68. The van der Waals surface area contributed by atoms with Gasteiger partial charge in [-0.2, -0.15) is 0 Å². The summed E-state index contributed by atoms with van der Waals surface area (Å²) >= 11 is 0. The number of hydrogen-bond acceptors (Lipinski definition) is 3. The van der Waals surface area contributed by atoms with Crippen LogP contribution < -0.4 is 15.8 Å². The second-order valence-corrected chi connectivity index (χ2v) is 6.14. The van der Waals surface area contributed by atoms with Gasteiger partial charge in [0.05, 0.1) is 12.1 Å². The number of nitrogens with two attached hydrogens (primary N) is 1. The number of carbonyl (C=O) groups is 1. The summed E-state index contributed by atoms with van der Waals surface area (Å²) in [5, 5.41) is 2.98. The third-order valence-electron chi connectivity index (χ3n) is 3.41. The molecule has 3 N–H and O–H groups in total. The molecule has 0 saturated heterocycles. The molecular formula is C17H28N2O2. The van der Waals surface area contributed by atoms with Crippen molar-refractivity contribution in [3.8, 4) is 5.75 Å². The number of ether oxygens (including phenoxy) is 1. The number of rotatable bonds is 7. The SMILES string of the molecule is CC(C)Oc1ccc(C(C)NC(=O)CC(N)C(C)C)cc1. The van der Waals surface area contributed by atoms with Gasteiger partial charge in [0.25, 0.3) is 0 Å². The van der Waals surface area contributed by atoms with Gasteiger partial charge in [-0.25, -0.2) is 0 Å². The van der Waals surface area contributed by atoms with Crippen molar-refractivity contribution in [1.29, 1.82) is 0 Å². The van der Waals surface area contributed by atoms with Gasteiger partial charge in [0, 0.05) is 12.5 Å². The van der Waals surface area contributed by atoms with Crippen LogP contribution in [0.25, 0.3) is 0 Å². The molecule has 0 bridgehead atoms. The van der Waals surface area contributed by atoms with Crippen LogP contribution in [0, 0.1) is 5.92 Å². The summed E-state index contributed by atoms with van der Waals surface area (Å²) in [5.74, 6) is 1.14. The van der Waals surface area contributed by atoms with Crippen molar-refractivity contribution in [3.63, 3.8) is 0 Å². The summed E-state index contributed by atoms with van der Waals surface area (Å²) in [5.41, 5.74) is 6.97. The van der Waals surface area contributed by atoms with E-state index in [9.17, 15) is 4.79 Å². The lowest BCUT2D eigenvalue weighted by molar-refractivity contribution is -0.122. The van der Waals surface area contributed by atoms with Gasteiger partial charge in [-0.3, -0.25) is 4.79 Å². The van der Waals surface area contributed by atoms with E-state index in [0.717, 1.165) is 11.3 Å². The van der Waals surface area contributed by atoms with Crippen molar-refractivity contribution in [2.45, 2.75) is 59.2 Å². The van der Waals surface area contributed by atoms with Crippen LogP contribution in [0.5, 0.6) is 5.75 Å². The normalized spacial score (nSPS) is 14.1. The van der Waals surface area contributed by atoms with Crippen LogP contribution >= 0.6 is 0 Å². The fourth-order valence-corrected chi connectivity index (χ4v) is 1.94. The fraction of sp³-hybridized carbons (Fsp3) is 0.588. The average molecular weight is 292 g/mol. The molecule has 2 unspecified atom stereocenters. The molecule has 0 spiro atoms. The Kier molecular flexibility index (Phi) is 6.69. The highest BCUT2D eigenvalue weighted by Crippen LogP contribution is 2.18. The largest absolute Gasteiger partial charge is 0.491 e. The Morgan fingerprint density at radius 1 is 1.14 bits per heavy atom. The predicted molar refractivity (Wildman–Crippen MR) is 86.2 cm³/mol. The van der Waals surface area contributed by atoms with E-state index in [4.69, 9.17) is 10.5 Å². The van der Waals surface area contributed by atoms with E-state index in [2.05, 4.69) is 5.32 Å². The third-order valence-corrected chi connectivity index (χ3v) is 3.41. The first-order valence-corrected chi connectivity index (χ1v) is 7.61. The minimum atomic E-state index is -0.0981. The molecular weight excluding hydrogens is 264 g/mol. The Hall–Kier alpha value is -1.55. The Balaban J connectivity index is 2.55. The van der Waals surface area contributed by atoms with Crippen LogP contribution in [0.3, 0.4) is 0 Å². The van der Waals surface area contributed by atoms with Crippen LogP contribution in [0.2, 0.25) is 0 Å². The smallest absolute Gasteiger partial charge is 0.222 e. The lowest BCUT2D eigenvalue weighted by atomic mass is 10.0. The fourth-order valence-electron chi connectivity index (χ4n) is 1.94. The van der Waals surface area contributed by atoms with Gasteiger partial charge in [-0.05, 0) is 44.4 Å². The Morgan fingerprint density at radius 2 is 1.71 bits per heavy atom. The van der Waals surface area contributed by atoms with E-state index in [1.807, 2.05) is 58.9 Å². The van der Waals surface area contributed by atoms with Crippen LogP contribution in [0.15, 0.2) is 24.3 Å². The van der Waals surface area contributed by atoms with Crippen molar-refractivity contribution in [2.75, 3.05) is 0 Å². The number of benzene rings is 1. The molecule has 0 aliphatic rings. The summed E-state index contributed by atoms with van der Waals surface area (Å²) < 4.78 is 5.61. The van der Waals surface area contributed by atoms with Crippen molar-refractivity contribution in [3.05, 3.63) is 29.8 Å². The first-order chi connectivity index (χ1) is 9.79. The van der Waals surface area contributed by atoms with Gasteiger partial charge in [-0.1, -0.05) is 26.0 Å². The monoisotopic (exact) mass is 292 g/mol. The first kappa shape index (κ1) is 17.5. The van der Waals surface area contributed by atoms with E-state index < -0.39 is 0 Å². The first-order valence-electron chi connectivity index (χ1n) is 7.61. The van der Waals surface area contributed by atoms with Crippen LogP contribution in [0.1, 0.15) is 52.6 Å². The molecule has 0 aromatic heterocycles. The van der Waals surface area contributed by atoms with Crippen molar-refractivity contribution < 1.29 is 9.53 Å². The van der Waals surface area contributed by atoms with Crippen molar-refractivity contribution in [1.82, 2.24) is 5.32 Å². The molecule has 4 heteroatoms. The topological polar surface area (TPSA) is 64.3 Å². The van der Waals surface area contributed by atoms with Gasteiger partial charge in [-0.15, -0.1) is 0 Å². The zero-order valence-corrected chi connectivity index (χ0v) is 13.7. The van der Waals surface area contributed by atoms with E-state index in [1.54, 1.807) is 0 Å². The molecule has 21 heavy (non-hydrogen) atoms. The maximum absolute atomic E-state index is 11.9. The molecule has 1 amide bonds. The summed E-state index contributed by atoms with van der Waals surface area (Å²) in [6.45, 7) is 10.0. The molecule has 0 fully saturated rings. The van der Waals surface area contributed by atoms with E-state index in [0.29, 0.717) is 12.3 Å². The van der Waals surface area contributed by atoms with E-state index >= 15 is 0 Å². The highest BCUT2D eigenvalue weighted by atomic mass is 16.5. The predicted octanol–water partition coefficient (Wildman–Crippen LogP) is 3.02. The van der Waals surface area contributed by atoms with E-state index in [-0.39, 0.29) is 24.1 Å². The number of carbonyl (C=O) groups excluding carboxylic acids is 1. The zero-order chi connectivity index (χ0) is 16.0. The minimum absolute atomic E-state index is 0.00814. The molecule has 0 radical (unpaired) electrons. The quantitative estimate of drug-likeness (QED) is 0.812. The Morgan fingerprint density at radius 3 is 2.19 bits per heavy atom. The minimum Gasteiger partial charge on any atom is -0.491 e. The summed E-state index contributed by atoms with van der Waals surface area (Å²) in [4.78, 5) is 11.9. The molecule has 0 aliphatic heterocycles. The molecule has 2 atom stereocenters. The number of amides is 1. The Labute approximate surface area is 128 Å². The summed E-state index contributed by atoms with van der Waals surface area (Å²) in [7, 11) is 0. The maximum atomic E-state index is 11.9. The van der Waals surface area contributed by atoms with E-state index in [1.165, 1.54) is 0 Å². The van der Waals surface area contributed by atoms with Gasteiger partial charge in [0.15, 0.2) is 0 Å². The third kappa shape index (κ3) is 6.17. The van der Waals surface area contributed by atoms with Crippen molar-refractivity contribution in [2.24, 2.45) is 11.7 Å². The molecule has 0 saturated carbocycles. The van der Waals surface area contributed by atoms with Gasteiger partial charge < -0.3 is 15.8 Å². The van der Waals surface area contributed by atoms with Crippen LogP contribution in [0.4, 0.5) is 0 Å². The molecule has 1 aromatic carbocycles. The average Bonchev–Trinajstić information content (AvgIpc) is 2.38. The zero-order valence-electron chi connectivity index (χ0n) is 13.7. The Bertz CT molecular complexity index is 441. The maximum Gasteiger partial charge on any atom is 0.222 e. The summed E-state index contributed by atoms with van der Waals surface area (Å²) in [6.07, 6.45) is 0.516. The van der Waals surface area contributed by atoms with Crippen LogP contribution in [-0.4, -0.2) is 18.1 Å². The second-order valence-electron chi connectivity index (χ2n) is 6.14. The molecule has 0 aliphatic carbocycles. The number of nitrogens with one attached hydrogen (secondary N) is 1. The molecule has 1 aromatic rings. The van der Waals surface area contributed by atoms with Gasteiger partial charge >= 0.3 is 0 Å². The van der Waals surface area contributed by atoms with Gasteiger partial charge in [0.2, 0.25) is 5.91 Å². The molecule has 4 nitrogen and oxygen atoms in total. The lowest BCUT2D eigenvalue weighted by Crippen LogP contribution is -2.35. The highest BCUT2D eigenvalue weighted by Gasteiger charge is 2.15. The molecule has 0 heterocycles. The molecule has 118 valence electrons. The highest BCUT2D eigenvalue weighted by molar-refractivity contribution is 5.77. The second kappa shape index (κ2) is 8.03. The van der Waals surface area contributed by atoms with Gasteiger partial charge in [0.1, 0.15) is 5.75 Å². The standard InChI is InChI=1S/C17H28N2O2/c1-11(2)16(18)10-17(20)19-13(5)14-6-8-15(9-7-14)21-12(3)4/h6-9,11-13,16H,10,18H2,1-5H3,(H,19,20). The molecule has 1 rings (SSSR count). The number of hydrogen-bond donors (Lipinski definition) is 2. The van der Waals surface area contributed by atoms with Crippen molar-refractivity contribution >= 4 is 5.91 Å².